The van der Waals surface area contributed by atoms with Gasteiger partial charge in [0, 0.05) is 22.5 Å². The van der Waals surface area contributed by atoms with E-state index in [1.165, 1.54) is 5.56 Å². The van der Waals surface area contributed by atoms with Gasteiger partial charge in [-0.15, -0.1) is 0 Å². The first kappa shape index (κ1) is 14.6. The summed E-state index contributed by atoms with van der Waals surface area (Å²) in [6.45, 7) is 2.11. The fourth-order valence-corrected chi connectivity index (χ4v) is 3.16. The molecule has 1 atom stereocenters. The summed E-state index contributed by atoms with van der Waals surface area (Å²) in [5, 5.41) is 4.94. The van der Waals surface area contributed by atoms with Crippen LogP contribution in [0, 0.1) is 0 Å². The molecule has 2 rings (SSSR count). The molecule has 0 spiro atoms. The quantitative estimate of drug-likeness (QED) is 0.908. The van der Waals surface area contributed by atoms with Crippen LogP contribution in [0.15, 0.2) is 39.1 Å². The Balaban J connectivity index is 2.12. The molecule has 2 N–H and O–H groups in total. The van der Waals surface area contributed by atoms with E-state index in [0.717, 1.165) is 27.4 Å². The van der Waals surface area contributed by atoms with E-state index < -0.39 is 0 Å². The predicted octanol–water partition coefficient (Wildman–Crippen LogP) is 3.01. The van der Waals surface area contributed by atoms with Crippen LogP contribution in [0.25, 0.3) is 0 Å². The van der Waals surface area contributed by atoms with Crippen molar-refractivity contribution in [3.8, 4) is 0 Å². The van der Waals surface area contributed by atoms with Gasteiger partial charge in [0.25, 0.3) is 0 Å². The molecule has 0 aliphatic carbocycles. The Hall–Kier alpha value is -0.850. The number of nitrogens with zero attached hydrogens (tertiary/aromatic N) is 3. The number of benzene rings is 1. The maximum Gasteiger partial charge on any atom is 0.190 e. The second-order valence-electron chi connectivity index (χ2n) is 4.39. The summed E-state index contributed by atoms with van der Waals surface area (Å²) < 4.78 is 2.86. The van der Waals surface area contributed by atoms with E-state index in [1.54, 1.807) is 22.8 Å². The van der Waals surface area contributed by atoms with Crippen molar-refractivity contribution in [1.82, 2.24) is 14.8 Å². The first-order valence-corrected chi connectivity index (χ1v) is 7.77. The lowest BCUT2D eigenvalue weighted by Crippen LogP contribution is -2.21. The highest BCUT2D eigenvalue weighted by Crippen LogP contribution is 2.29. The van der Waals surface area contributed by atoms with Crippen molar-refractivity contribution in [3.05, 3.63) is 34.6 Å². The zero-order chi connectivity index (χ0) is 13.8. The van der Waals surface area contributed by atoms with Crippen LogP contribution < -0.4 is 5.73 Å². The van der Waals surface area contributed by atoms with Gasteiger partial charge in [-0.2, -0.15) is 5.10 Å². The van der Waals surface area contributed by atoms with Crippen molar-refractivity contribution < 1.29 is 0 Å². The summed E-state index contributed by atoms with van der Waals surface area (Å²) in [6.07, 6.45) is 3.44. The Morgan fingerprint density at radius 2 is 2.26 bits per heavy atom. The molecule has 6 heteroatoms. The molecular formula is C13H17BrN4S. The molecule has 102 valence electrons. The van der Waals surface area contributed by atoms with Gasteiger partial charge in [0.1, 0.15) is 6.33 Å². The van der Waals surface area contributed by atoms with E-state index in [0.29, 0.717) is 0 Å². The van der Waals surface area contributed by atoms with Crippen LogP contribution in [-0.2, 0) is 13.5 Å². The third-order valence-corrected chi connectivity index (χ3v) is 4.69. The molecular weight excluding hydrogens is 324 g/mol. The van der Waals surface area contributed by atoms with Crippen LogP contribution >= 0.6 is 27.7 Å². The van der Waals surface area contributed by atoms with Crippen LogP contribution in [0.4, 0.5) is 0 Å². The fourth-order valence-electron chi connectivity index (χ4n) is 1.67. The van der Waals surface area contributed by atoms with Gasteiger partial charge in [-0.05, 0) is 30.5 Å². The lowest BCUT2D eigenvalue weighted by molar-refractivity contribution is 0.645. The van der Waals surface area contributed by atoms with Crippen molar-refractivity contribution in [2.45, 2.75) is 35.9 Å². The topological polar surface area (TPSA) is 56.7 Å². The minimum absolute atomic E-state index is 0.216. The Morgan fingerprint density at radius 1 is 1.47 bits per heavy atom. The lowest BCUT2D eigenvalue weighted by Gasteiger charge is -2.11. The van der Waals surface area contributed by atoms with Gasteiger partial charge in [-0.1, -0.05) is 40.7 Å². The molecule has 0 aliphatic heterocycles. The molecule has 0 bridgehead atoms. The summed E-state index contributed by atoms with van der Waals surface area (Å²) >= 11 is 5.21. The molecule has 1 aromatic carbocycles. The highest BCUT2D eigenvalue weighted by Gasteiger charge is 2.08. The zero-order valence-electron chi connectivity index (χ0n) is 11.0. The molecule has 0 radical (unpaired) electrons. The molecule has 0 aliphatic rings. The summed E-state index contributed by atoms with van der Waals surface area (Å²) in [5.41, 5.74) is 7.24. The van der Waals surface area contributed by atoms with Gasteiger partial charge in [-0.25, -0.2) is 9.67 Å². The normalized spacial score (nSPS) is 12.6. The average Bonchev–Trinajstić information content (AvgIpc) is 2.78. The van der Waals surface area contributed by atoms with Crippen molar-refractivity contribution in [2.75, 3.05) is 0 Å². The number of rotatable bonds is 5. The number of hydrogen-bond acceptors (Lipinski definition) is 4. The number of nitrogens with two attached hydrogens (primary N) is 1. The largest absolute Gasteiger partial charge is 0.327 e. The van der Waals surface area contributed by atoms with Gasteiger partial charge < -0.3 is 5.73 Å². The van der Waals surface area contributed by atoms with Crippen LogP contribution in [0.2, 0.25) is 0 Å². The predicted molar refractivity (Wildman–Crippen MR) is 81.2 cm³/mol. The Morgan fingerprint density at radius 3 is 2.84 bits per heavy atom. The summed E-state index contributed by atoms with van der Waals surface area (Å²) in [6, 6.07) is 6.55. The number of aromatic nitrogens is 3. The first-order chi connectivity index (χ1) is 9.10. The van der Waals surface area contributed by atoms with Crippen LogP contribution in [0.3, 0.4) is 0 Å². The molecule has 1 unspecified atom stereocenters. The summed E-state index contributed by atoms with van der Waals surface area (Å²) in [5.74, 6) is 0. The van der Waals surface area contributed by atoms with Crippen molar-refractivity contribution >= 4 is 27.7 Å². The second-order valence-corrected chi connectivity index (χ2v) is 6.29. The first-order valence-electron chi connectivity index (χ1n) is 6.16. The third kappa shape index (κ3) is 3.81. The zero-order valence-corrected chi connectivity index (χ0v) is 13.4. The number of halogens is 1. The van der Waals surface area contributed by atoms with Gasteiger partial charge in [0.15, 0.2) is 5.16 Å². The van der Waals surface area contributed by atoms with Crippen molar-refractivity contribution in [1.29, 1.82) is 0 Å². The van der Waals surface area contributed by atoms with Gasteiger partial charge in [-0.3, -0.25) is 0 Å². The molecule has 0 saturated carbocycles. The molecule has 1 aromatic heterocycles. The molecule has 19 heavy (non-hydrogen) atoms. The SMILES string of the molecule is CCC(N)Cc1ccc(Sc2ncnn2C)cc1Br. The van der Waals surface area contributed by atoms with E-state index in [4.69, 9.17) is 5.73 Å². The highest BCUT2D eigenvalue weighted by molar-refractivity contribution is 9.10. The third-order valence-electron chi connectivity index (χ3n) is 2.91. The minimum atomic E-state index is 0.216. The Bertz CT molecular complexity index is 555. The van der Waals surface area contributed by atoms with Gasteiger partial charge in [0.05, 0.1) is 0 Å². The fraction of sp³-hybridized carbons (Fsp3) is 0.385. The van der Waals surface area contributed by atoms with Crippen LogP contribution in [0.5, 0.6) is 0 Å². The van der Waals surface area contributed by atoms with E-state index in [1.807, 2.05) is 7.05 Å². The van der Waals surface area contributed by atoms with E-state index in [9.17, 15) is 0 Å². The average molecular weight is 341 g/mol. The Labute approximate surface area is 125 Å². The highest BCUT2D eigenvalue weighted by atomic mass is 79.9. The second kappa shape index (κ2) is 6.54. The van der Waals surface area contributed by atoms with Crippen LogP contribution in [-0.4, -0.2) is 20.8 Å². The molecule has 0 amide bonds. The summed E-state index contributed by atoms with van der Waals surface area (Å²) in [4.78, 5) is 5.34. The van der Waals surface area contributed by atoms with Gasteiger partial charge >= 0.3 is 0 Å². The standard InChI is InChI=1S/C13H17BrN4S/c1-3-10(15)6-9-4-5-11(7-12(9)14)19-13-16-8-17-18(13)2/h4-5,7-8,10H,3,6,15H2,1-2H3. The minimum Gasteiger partial charge on any atom is -0.327 e. The molecule has 2 aromatic rings. The summed E-state index contributed by atoms with van der Waals surface area (Å²) in [7, 11) is 1.89. The molecule has 1 heterocycles. The molecule has 0 saturated heterocycles. The Kier molecular flexibility index (Phi) is 5.01. The van der Waals surface area contributed by atoms with Gasteiger partial charge in [0.2, 0.25) is 0 Å². The number of aryl methyl sites for hydroxylation is 1. The monoisotopic (exact) mass is 340 g/mol. The molecule has 0 fully saturated rings. The van der Waals surface area contributed by atoms with E-state index >= 15 is 0 Å². The maximum atomic E-state index is 5.99. The van der Waals surface area contributed by atoms with Crippen molar-refractivity contribution in [3.63, 3.8) is 0 Å². The maximum absolute atomic E-state index is 5.99. The molecule has 4 nitrogen and oxygen atoms in total. The van der Waals surface area contributed by atoms with Crippen LogP contribution in [0.1, 0.15) is 18.9 Å². The number of hydrogen-bond donors (Lipinski definition) is 1. The lowest BCUT2D eigenvalue weighted by atomic mass is 10.1. The van der Waals surface area contributed by atoms with E-state index in [2.05, 4.69) is 51.1 Å². The van der Waals surface area contributed by atoms with Crippen molar-refractivity contribution in [2.24, 2.45) is 12.8 Å². The smallest absolute Gasteiger partial charge is 0.190 e. The van der Waals surface area contributed by atoms with E-state index in [-0.39, 0.29) is 6.04 Å².